The Morgan fingerprint density at radius 2 is 1.69 bits per heavy atom. The van der Waals surface area contributed by atoms with Crippen LogP contribution in [0.3, 0.4) is 0 Å². The standard InChI is InChI=1S/C24H26N2O3/c1-2-15-28-21-12-8-11-20(16-21)25-17-24(27)26-22-13-6-7-14-23(22)29-18-19-9-4-3-5-10-19/h3-14,16,25H,2,15,17-18H2,1H3,(H,26,27). The first-order valence-corrected chi connectivity index (χ1v) is 9.77. The molecule has 0 aliphatic carbocycles. The quantitative estimate of drug-likeness (QED) is 0.505. The lowest BCUT2D eigenvalue weighted by Crippen LogP contribution is -2.22. The minimum Gasteiger partial charge on any atom is -0.494 e. The lowest BCUT2D eigenvalue weighted by molar-refractivity contribution is -0.114. The zero-order chi connectivity index (χ0) is 20.3. The highest BCUT2D eigenvalue weighted by molar-refractivity contribution is 5.95. The first-order chi connectivity index (χ1) is 14.2. The fourth-order valence-corrected chi connectivity index (χ4v) is 2.72. The van der Waals surface area contributed by atoms with Crippen LogP contribution >= 0.6 is 0 Å². The van der Waals surface area contributed by atoms with Gasteiger partial charge in [0.1, 0.15) is 18.1 Å². The van der Waals surface area contributed by atoms with Gasteiger partial charge in [-0.25, -0.2) is 0 Å². The van der Waals surface area contributed by atoms with E-state index in [2.05, 4.69) is 17.6 Å². The Morgan fingerprint density at radius 3 is 2.52 bits per heavy atom. The Morgan fingerprint density at radius 1 is 0.897 bits per heavy atom. The molecule has 0 aromatic heterocycles. The van der Waals surface area contributed by atoms with Gasteiger partial charge >= 0.3 is 0 Å². The maximum Gasteiger partial charge on any atom is 0.243 e. The molecule has 150 valence electrons. The molecule has 0 aliphatic rings. The molecule has 3 aromatic carbocycles. The molecule has 29 heavy (non-hydrogen) atoms. The van der Waals surface area contributed by atoms with Gasteiger partial charge in [-0.2, -0.15) is 0 Å². The van der Waals surface area contributed by atoms with Gasteiger partial charge in [-0.05, 0) is 36.2 Å². The predicted molar refractivity (Wildman–Crippen MR) is 117 cm³/mol. The normalized spacial score (nSPS) is 10.2. The van der Waals surface area contributed by atoms with Crippen LogP contribution in [-0.4, -0.2) is 19.1 Å². The number of carbonyl (C=O) groups excluding carboxylic acids is 1. The Labute approximate surface area is 171 Å². The molecule has 0 aliphatic heterocycles. The molecule has 0 bridgehead atoms. The molecule has 0 atom stereocenters. The van der Waals surface area contributed by atoms with Gasteiger partial charge in [0.25, 0.3) is 0 Å². The van der Waals surface area contributed by atoms with E-state index in [1.165, 1.54) is 0 Å². The van der Waals surface area contributed by atoms with Gasteiger partial charge in [-0.1, -0.05) is 55.5 Å². The molecular formula is C24H26N2O3. The third-order valence-corrected chi connectivity index (χ3v) is 4.16. The van der Waals surface area contributed by atoms with Crippen LogP contribution in [-0.2, 0) is 11.4 Å². The maximum absolute atomic E-state index is 12.4. The summed E-state index contributed by atoms with van der Waals surface area (Å²) in [5.74, 6) is 1.28. The largest absolute Gasteiger partial charge is 0.494 e. The zero-order valence-electron chi connectivity index (χ0n) is 16.6. The topological polar surface area (TPSA) is 59.6 Å². The molecule has 5 nitrogen and oxygen atoms in total. The molecule has 3 rings (SSSR count). The Balaban J connectivity index is 1.54. The first kappa shape index (κ1) is 20.3. The van der Waals surface area contributed by atoms with Crippen molar-refractivity contribution < 1.29 is 14.3 Å². The summed E-state index contributed by atoms with van der Waals surface area (Å²) in [6.45, 7) is 3.32. The van der Waals surface area contributed by atoms with Gasteiger partial charge in [-0.3, -0.25) is 4.79 Å². The van der Waals surface area contributed by atoms with Gasteiger partial charge < -0.3 is 20.1 Å². The molecule has 0 radical (unpaired) electrons. The summed E-state index contributed by atoms with van der Waals surface area (Å²) >= 11 is 0. The number of ether oxygens (including phenoxy) is 2. The van der Waals surface area contributed by atoms with Crippen molar-refractivity contribution in [1.29, 1.82) is 0 Å². The van der Waals surface area contributed by atoms with E-state index in [9.17, 15) is 4.79 Å². The Bertz CT molecular complexity index is 913. The predicted octanol–water partition coefficient (Wildman–Crippen LogP) is 5.11. The minimum atomic E-state index is -0.152. The SMILES string of the molecule is CCCOc1cccc(NCC(=O)Nc2ccccc2OCc2ccccc2)c1. The second-order valence-electron chi connectivity index (χ2n) is 6.55. The molecule has 1 amide bonds. The second kappa shape index (κ2) is 10.8. The summed E-state index contributed by atoms with van der Waals surface area (Å²) in [7, 11) is 0. The van der Waals surface area contributed by atoms with Crippen molar-refractivity contribution in [2.45, 2.75) is 20.0 Å². The summed E-state index contributed by atoms with van der Waals surface area (Å²) in [5.41, 5.74) is 2.55. The summed E-state index contributed by atoms with van der Waals surface area (Å²) < 4.78 is 11.5. The summed E-state index contributed by atoms with van der Waals surface area (Å²) in [6, 6.07) is 25.0. The zero-order valence-corrected chi connectivity index (χ0v) is 16.6. The fourth-order valence-electron chi connectivity index (χ4n) is 2.72. The summed E-state index contributed by atoms with van der Waals surface area (Å²) in [6.07, 6.45) is 0.950. The number of anilines is 2. The van der Waals surface area contributed by atoms with E-state index in [-0.39, 0.29) is 12.5 Å². The summed E-state index contributed by atoms with van der Waals surface area (Å²) in [4.78, 5) is 12.4. The van der Waals surface area contributed by atoms with E-state index >= 15 is 0 Å². The number of hydrogen-bond acceptors (Lipinski definition) is 4. The molecule has 5 heteroatoms. The number of carbonyl (C=O) groups is 1. The van der Waals surface area contributed by atoms with Crippen LogP contribution in [0.2, 0.25) is 0 Å². The lowest BCUT2D eigenvalue weighted by atomic mass is 10.2. The van der Waals surface area contributed by atoms with Crippen molar-refractivity contribution in [2.24, 2.45) is 0 Å². The average molecular weight is 390 g/mol. The number of benzene rings is 3. The molecule has 2 N–H and O–H groups in total. The van der Waals surface area contributed by atoms with E-state index in [0.29, 0.717) is 24.7 Å². The second-order valence-corrected chi connectivity index (χ2v) is 6.55. The molecule has 0 saturated carbocycles. The highest BCUT2D eigenvalue weighted by Gasteiger charge is 2.08. The van der Waals surface area contributed by atoms with E-state index in [1.807, 2.05) is 78.9 Å². The molecule has 0 spiro atoms. The monoisotopic (exact) mass is 390 g/mol. The molecule has 0 heterocycles. The molecule has 0 saturated heterocycles. The van der Waals surface area contributed by atoms with Crippen LogP contribution in [0, 0.1) is 0 Å². The van der Waals surface area contributed by atoms with Crippen molar-refractivity contribution >= 4 is 17.3 Å². The number of rotatable bonds is 10. The molecule has 0 fully saturated rings. The third-order valence-electron chi connectivity index (χ3n) is 4.16. The van der Waals surface area contributed by atoms with Gasteiger partial charge in [0.15, 0.2) is 0 Å². The van der Waals surface area contributed by atoms with Crippen molar-refractivity contribution in [3.63, 3.8) is 0 Å². The van der Waals surface area contributed by atoms with Crippen molar-refractivity contribution in [3.8, 4) is 11.5 Å². The molecule has 3 aromatic rings. The molecule has 0 unspecified atom stereocenters. The smallest absolute Gasteiger partial charge is 0.243 e. The Kier molecular flexibility index (Phi) is 7.52. The summed E-state index contributed by atoms with van der Waals surface area (Å²) in [5, 5.41) is 6.03. The number of nitrogens with one attached hydrogen (secondary N) is 2. The van der Waals surface area contributed by atoms with E-state index in [1.54, 1.807) is 0 Å². The average Bonchev–Trinajstić information content (AvgIpc) is 2.77. The van der Waals surface area contributed by atoms with Crippen LogP contribution < -0.4 is 20.1 Å². The fraction of sp³-hybridized carbons (Fsp3) is 0.208. The van der Waals surface area contributed by atoms with E-state index in [4.69, 9.17) is 9.47 Å². The molecular weight excluding hydrogens is 364 g/mol. The number of hydrogen-bond donors (Lipinski definition) is 2. The van der Waals surface area contributed by atoms with Crippen molar-refractivity contribution in [1.82, 2.24) is 0 Å². The van der Waals surface area contributed by atoms with Crippen molar-refractivity contribution in [3.05, 3.63) is 84.4 Å². The lowest BCUT2D eigenvalue weighted by Gasteiger charge is -2.13. The first-order valence-electron chi connectivity index (χ1n) is 9.77. The van der Waals surface area contributed by atoms with Gasteiger partial charge in [0.2, 0.25) is 5.91 Å². The third kappa shape index (κ3) is 6.57. The number of para-hydroxylation sites is 2. The van der Waals surface area contributed by atoms with Gasteiger partial charge in [0.05, 0.1) is 18.8 Å². The van der Waals surface area contributed by atoms with Crippen LogP contribution in [0.5, 0.6) is 11.5 Å². The van der Waals surface area contributed by atoms with E-state index < -0.39 is 0 Å². The maximum atomic E-state index is 12.4. The van der Waals surface area contributed by atoms with Crippen LogP contribution in [0.1, 0.15) is 18.9 Å². The highest BCUT2D eigenvalue weighted by atomic mass is 16.5. The highest BCUT2D eigenvalue weighted by Crippen LogP contribution is 2.25. The van der Waals surface area contributed by atoms with Gasteiger partial charge in [0, 0.05) is 11.8 Å². The van der Waals surface area contributed by atoms with Crippen LogP contribution in [0.4, 0.5) is 11.4 Å². The van der Waals surface area contributed by atoms with Crippen LogP contribution in [0.15, 0.2) is 78.9 Å². The number of amides is 1. The van der Waals surface area contributed by atoms with Gasteiger partial charge in [-0.15, -0.1) is 0 Å². The van der Waals surface area contributed by atoms with Crippen molar-refractivity contribution in [2.75, 3.05) is 23.8 Å². The van der Waals surface area contributed by atoms with Crippen LogP contribution in [0.25, 0.3) is 0 Å². The van der Waals surface area contributed by atoms with E-state index in [0.717, 1.165) is 23.4 Å². The minimum absolute atomic E-state index is 0.143. The Hall–Kier alpha value is -3.47.